The number of carbonyl (C=O) groups is 6. The Hall–Kier alpha value is -2.75. The van der Waals surface area contributed by atoms with Gasteiger partial charge in [-0.1, -0.05) is 11.8 Å². The van der Waals surface area contributed by atoms with Crippen LogP contribution in [0, 0.1) is 0 Å². The number of likely N-dealkylation sites (N-methyl/N-ethyl adjacent to an activating group) is 1. The number of rotatable bonds is 10. The van der Waals surface area contributed by atoms with Gasteiger partial charge in [0.15, 0.2) is 0 Å². The zero-order valence-corrected chi connectivity index (χ0v) is 24.6. The number of aliphatic hydroxyl groups excluding tert-OH is 1. The number of aryl methyl sites for hydroxylation is 1. The third-order valence-electron chi connectivity index (χ3n) is 6.88. The number of aliphatic hydroxyl groups is 1. The number of urea groups is 1. The van der Waals surface area contributed by atoms with Crippen LogP contribution in [0.3, 0.4) is 0 Å². The Labute approximate surface area is 275 Å². The van der Waals surface area contributed by atoms with Crippen molar-refractivity contribution in [3.05, 3.63) is 11.3 Å². The van der Waals surface area contributed by atoms with Crippen LogP contribution in [-0.2, 0) is 35.8 Å². The Morgan fingerprint density at radius 1 is 1.23 bits per heavy atom. The molecule has 0 bridgehead atoms. The number of aromatic nitrogens is 4. The molecule has 43 heavy (non-hydrogen) atoms. The summed E-state index contributed by atoms with van der Waals surface area (Å²) in [6.07, 6.45) is -1.50. The Balaban J connectivity index is 0.00000506. The first-order chi connectivity index (χ1) is 19.9. The van der Waals surface area contributed by atoms with Crippen molar-refractivity contribution in [1.82, 2.24) is 45.5 Å². The molecule has 1 aromatic rings. The number of thioether (sulfide) groups is 2. The van der Waals surface area contributed by atoms with Gasteiger partial charge in [0.1, 0.15) is 17.1 Å². The summed E-state index contributed by atoms with van der Waals surface area (Å²) in [7, 11) is 2.78. The molecule has 4 atom stereocenters. The van der Waals surface area contributed by atoms with Crippen molar-refractivity contribution in [2.24, 2.45) is 7.05 Å². The van der Waals surface area contributed by atoms with Crippen molar-refractivity contribution >= 4 is 88.7 Å². The van der Waals surface area contributed by atoms with E-state index in [4.69, 9.17) is 4.74 Å². The maximum atomic E-state index is 13.4. The molecule has 2 saturated heterocycles. The number of tetrazole rings is 1. The van der Waals surface area contributed by atoms with Crippen molar-refractivity contribution in [3.8, 4) is 0 Å². The standard InChI is InChI=1S/C22H29N9O9S2.Na.H/c1-5-29-6-7-30(16(35)15(29)34)20(39)23-12(10(2)32)14(33)24-22(40-4)18(38)31-13(17(36)37)11(8-41-19(22)31)9-42-21-25-26-27-28(21)3;;/h10,12,19,32H,5-9H2,1-4H3,(H,23,39)(H,24,33)(H,36,37);;/t10-,12+,19+,22-;;/m0../s1. The second-order valence-electron chi connectivity index (χ2n) is 9.41. The van der Waals surface area contributed by atoms with Gasteiger partial charge in [-0.05, 0) is 29.8 Å². The quantitative estimate of drug-likeness (QED) is 0.0633. The first-order valence-electron chi connectivity index (χ1n) is 12.6. The van der Waals surface area contributed by atoms with E-state index >= 15 is 0 Å². The number of piperazine rings is 1. The molecule has 21 heteroatoms. The Morgan fingerprint density at radius 3 is 2.49 bits per heavy atom. The van der Waals surface area contributed by atoms with Crippen LogP contribution in [0.5, 0.6) is 0 Å². The average Bonchev–Trinajstić information content (AvgIpc) is 3.37. The summed E-state index contributed by atoms with van der Waals surface area (Å²) < 4.78 is 6.84. The summed E-state index contributed by atoms with van der Waals surface area (Å²) in [5, 5.41) is 35.5. The number of amides is 6. The van der Waals surface area contributed by atoms with Gasteiger partial charge in [-0.3, -0.25) is 29.0 Å². The van der Waals surface area contributed by atoms with Crippen LogP contribution in [0.2, 0.25) is 0 Å². The van der Waals surface area contributed by atoms with E-state index in [0.29, 0.717) is 15.6 Å². The normalized spacial score (nSPS) is 23.2. The number of carboxylic acid groups (broad SMARTS) is 1. The van der Waals surface area contributed by atoms with Crippen molar-refractivity contribution in [3.63, 3.8) is 0 Å². The van der Waals surface area contributed by atoms with Gasteiger partial charge in [-0.2, -0.15) is 0 Å². The summed E-state index contributed by atoms with van der Waals surface area (Å²) in [4.78, 5) is 79.3. The van der Waals surface area contributed by atoms with Gasteiger partial charge in [0, 0.05) is 45.3 Å². The summed E-state index contributed by atoms with van der Waals surface area (Å²) in [5.41, 5.74) is -1.84. The summed E-state index contributed by atoms with van der Waals surface area (Å²) in [6, 6.07) is -2.74. The summed E-state index contributed by atoms with van der Waals surface area (Å²) in [6.45, 7) is 3.15. The third-order valence-corrected chi connectivity index (χ3v) is 9.35. The number of carbonyl (C=O) groups excluding carboxylic acids is 5. The van der Waals surface area contributed by atoms with Crippen molar-refractivity contribution < 1.29 is 43.7 Å². The van der Waals surface area contributed by atoms with E-state index in [1.54, 1.807) is 14.0 Å². The molecule has 1 aromatic heterocycles. The average molecular weight is 652 g/mol. The van der Waals surface area contributed by atoms with Gasteiger partial charge >= 0.3 is 53.4 Å². The number of methoxy groups -OCH3 is 1. The zero-order valence-electron chi connectivity index (χ0n) is 23.0. The number of β-lactam (4-membered cyclic amide) rings is 1. The fourth-order valence-electron chi connectivity index (χ4n) is 4.60. The second kappa shape index (κ2) is 13.9. The van der Waals surface area contributed by atoms with Crippen LogP contribution in [0.4, 0.5) is 4.79 Å². The van der Waals surface area contributed by atoms with Gasteiger partial charge < -0.3 is 30.5 Å². The molecule has 4 N–H and O–H groups in total. The molecule has 18 nitrogen and oxygen atoms in total. The number of hydrogen-bond acceptors (Lipinski definition) is 13. The predicted octanol–water partition coefficient (Wildman–Crippen LogP) is -3.48. The molecule has 3 aliphatic heterocycles. The van der Waals surface area contributed by atoms with E-state index in [2.05, 4.69) is 26.2 Å². The number of ether oxygens (including phenoxy) is 1. The van der Waals surface area contributed by atoms with Gasteiger partial charge in [-0.15, -0.1) is 16.9 Å². The number of carboxylic acids is 1. The van der Waals surface area contributed by atoms with E-state index in [1.165, 1.54) is 28.3 Å². The molecule has 0 spiro atoms. The van der Waals surface area contributed by atoms with E-state index < -0.39 is 58.9 Å². The predicted molar refractivity (Wildman–Crippen MR) is 150 cm³/mol. The maximum absolute atomic E-state index is 13.4. The molecule has 0 saturated carbocycles. The number of imide groups is 1. The molecular formula is C22H30N9NaO9S2. The molecule has 0 aromatic carbocycles. The van der Waals surface area contributed by atoms with Crippen molar-refractivity contribution in [2.45, 2.75) is 42.2 Å². The number of nitrogens with one attached hydrogen (secondary N) is 2. The molecule has 2 fully saturated rings. The topological polar surface area (TPSA) is 229 Å². The fourth-order valence-corrected chi connectivity index (χ4v) is 7.02. The van der Waals surface area contributed by atoms with Crippen LogP contribution in [0.1, 0.15) is 13.8 Å². The van der Waals surface area contributed by atoms with E-state index in [-0.39, 0.29) is 66.4 Å². The summed E-state index contributed by atoms with van der Waals surface area (Å²) in [5.74, 6) is -4.87. The molecule has 4 heterocycles. The Morgan fingerprint density at radius 2 is 1.93 bits per heavy atom. The third kappa shape index (κ3) is 6.40. The number of nitrogens with zero attached hydrogens (tertiary/aromatic N) is 7. The molecule has 0 aliphatic carbocycles. The SMILES string of the molecule is CCN1CCN(C(=O)N[C@@H](C(=O)N[C@]2(OC)C(=O)N3C(C(=O)O)=C(CSc4nnnn4C)CS[C@@H]32)[C@H](C)O)C(=O)C1=O.[NaH]. The van der Waals surface area contributed by atoms with Gasteiger partial charge in [-0.25, -0.2) is 14.3 Å². The monoisotopic (exact) mass is 651 g/mol. The number of aliphatic carboxylic acids is 1. The molecule has 0 radical (unpaired) electrons. The molecular weight excluding hydrogens is 621 g/mol. The number of hydrogen-bond donors (Lipinski definition) is 4. The minimum absolute atomic E-state index is 0. The number of fused-ring (bicyclic) bond motifs is 1. The zero-order chi connectivity index (χ0) is 30.9. The Bertz CT molecular complexity index is 1360. The minimum atomic E-state index is -2.01. The molecule has 4 rings (SSSR count). The fraction of sp³-hybridized carbons (Fsp3) is 0.591. The van der Waals surface area contributed by atoms with E-state index in [9.17, 15) is 39.0 Å². The van der Waals surface area contributed by atoms with Gasteiger partial charge in [0.25, 0.3) is 11.6 Å². The molecule has 0 unspecified atom stereocenters. The molecule has 3 aliphatic rings. The van der Waals surface area contributed by atoms with Gasteiger partial charge in [0.2, 0.25) is 11.1 Å². The van der Waals surface area contributed by atoms with E-state index in [0.717, 1.165) is 23.8 Å². The summed E-state index contributed by atoms with van der Waals surface area (Å²) >= 11 is 2.33. The van der Waals surface area contributed by atoms with Crippen molar-refractivity contribution in [2.75, 3.05) is 38.2 Å². The second-order valence-corrected chi connectivity index (χ2v) is 11.4. The van der Waals surface area contributed by atoms with Crippen LogP contribution < -0.4 is 10.6 Å². The van der Waals surface area contributed by atoms with E-state index in [1.807, 2.05) is 0 Å². The first kappa shape index (κ1) is 34.7. The van der Waals surface area contributed by atoms with Crippen LogP contribution in [-0.4, -0.2) is 172 Å². The van der Waals surface area contributed by atoms with Crippen LogP contribution in [0.25, 0.3) is 0 Å². The van der Waals surface area contributed by atoms with Gasteiger partial charge in [0.05, 0.1) is 6.10 Å². The van der Waals surface area contributed by atoms with Crippen LogP contribution >= 0.6 is 23.5 Å². The van der Waals surface area contributed by atoms with Crippen LogP contribution in [0.15, 0.2) is 16.4 Å². The Kier molecular flexibility index (Phi) is 11.2. The molecule has 230 valence electrons. The molecule has 6 amide bonds. The first-order valence-corrected chi connectivity index (χ1v) is 14.6. The van der Waals surface area contributed by atoms with Crippen molar-refractivity contribution in [1.29, 1.82) is 0 Å².